The predicted molar refractivity (Wildman–Crippen MR) is 158 cm³/mol. The number of carbonyl (C=O) groups excluding carboxylic acids is 3. The molecule has 1 fully saturated rings. The molecule has 0 spiro atoms. The van der Waals surface area contributed by atoms with Gasteiger partial charge in [0.15, 0.2) is 0 Å². The van der Waals surface area contributed by atoms with Crippen LogP contribution in [0.4, 0.5) is 10.5 Å². The van der Waals surface area contributed by atoms with Gasteiger partial charge in [-0.25, -0.2) is 4.79 Å². The molecule has 0 radical (unpaired) electrons. The van der Waals surface area contributed by atoms with E-state index in [0.717, 1.165) is 24.8 Å². The minimum absolute atomic E-state index is 0.140. The van der Waals surface area contributed by atoms with Crippen molar-refractivity contribution in [3.8, 4) is 5.75 Å². The number of rotatable bonds is 11. The summed E-state index contributed by atoms with van der Waals surface area (Å²) in [6.45, 7) is 13.1. The molecule has 0 heterocycles. The second-order valence-electron chi connectivity index (χ2n) is 11.3. The van der Waals surface area contributed by atoms with E-state index in [2.05, 4.69) is 17.2 Å². The lowest BCUT2D eigenvalue weighted by Crippen LogP contribution is -2.58. The van der Waals surface area contributed by atoms with Crippen LogP contribution >= 0.6 is 0 Å². The molecule has 40 heavy (non-hydrogen) atoms. The third kappa shape index (κ3) is 7.87. The number of hydrogen-bond acceptors (Lipinski definition) is 5. The van der Waals surface area contributed by atoms with Crippen LogP contribution in [-0.4, -0.2) is 47.6 Å². The molecule has 3 rings (SSSR count). The van der Waals surface area contributed by atoms with Crippen LogP contribution in [-0.2, 0) is 14.3 Å². The molecule has 1 aliphatic rings. The highest BCUT2D eigenvalue weighted by Gasteiger charge is 2.43. The van der Waals surface area contributed by atoms with Gasteiger partial charge in [-0.15, -0.1) is 0 Å². The number of benzene rings is 2. The van der Waals surface area contributed by atoms with Crippen molar-refractivity contribution in [3.63, 3.8) is 0 Å². The number of hydrogen-bond donors (Lipinski definition) is 2. The molecule has 1 saturated carbocycles. The van der Waals surface area contributed by atoms with Crippen LogP contribution < -0.4 is 15.4 Å². The summed E-state index contributed by atoms with van der Waals surface area (Å²) in [6.07, 6.45) is 4.22. The Bertz CT molecular complexity index is 1180. The minimum Gasteiger partial charge on any atom is -0.497 e. The number of alkyl carbamates (subject to hydrolysis) is 1. The quantitative estimate of drug-likeness (QED) is 0.341. The lowest BCUT2D eigenvalue weighted by Gasteiger charge is -2.44. The van der Waals surface area contributed by atoms with E-state index in [4.69, 9.17) is 9.47 Å². The van der Waals surface area contributed by atoms with E-state index in [-0.39, 0.29) is 23.8 Å². The second kappa shape index (κ2) is 13.5. The average Bonchev–Trinajstić information content (AvgIpc) is 2.89. The van der Waals surface area contributed by atoms with E-state index in [0.29, 0.717) is 23.4 Å². The summed E-state index contributed by atoms with van der Waals surface area (Å²) in [6, 6.07) is 12.6. The monoisotopic (exact) mass is 549 g/mol. The summed E-state index contributed by atoms with van der Waals surface area (Å²) in [5, 5.41) is 5.82. The van der Waals surface area contributed by atoms with Gasteiger partial charge in [0.1, 0.15) is 23.4 Å². The molecule has 0 saturated heterocycles. The Morgan fingerprint density at radius 3 is 2.33 bits per heavy atom. The van der Waals surface area contributed by atoms with Crippen LogP contribution in [0.5, 0.6) is 5.75 Å². The molecule has 8 heteroatoms. The van der Waals surface area contributed by atoms with E-state index in [1.54, 1.807) is 63.1 Å². The molecular formula is C32H43N3O5. The molecule has 1 aliphatic carbocycles. The van der Waals surface area contributed by atoms with E-state index in [1.165, 1.54) is 0 Å². The van der Waals surface area contributed by atoms with E-state index in [1.807, 2.05) is 38.1 Å². The summed E-state index contributed by atoms with van der Waals surface area (Å²) < 4.78 is 10.7. The fourth-order valence-corrected chi connectivity index (χ4v) is 4.64. The van der Waals surface area contributed by atoms with Crippen molar-refractivity contribution in [1.29, 1.82) is 0 Å². The number of nitrogens with zero attached hydrogens (tertiary/aromatic N) is 1. The van der Waals surface area contributed by atoms with Gasteiger partial charge in [-0.2, -0.15) is 0 Å². The molecule has 3 unspecified atom stereocenters. The summed E-state index contributed by atoms with van der Waals surface area (Å²) >= 11 is 0. The number of amides is 3. The van der Waals surface area contributed by atoms with Gasteiger partial charge in [-0.1, -0.05) is 51.1 Å². The molecular weight excluding hydrogens is 506 g/mol. The van der Waals surface area contributed by atoms with Crippen LogP contribution in [0.15, 0.2) is 55.1 Å². The number of nitrogens with one attached hydrogen (secondary N) is 2. The van der Waals surface area contributed by atoms with E-state index >= 15 is 0 Å². The van der Waals surface area contributed by atoms with Crippen LogP contribution in [0.3, 0.4) is 0 Å². The van der Waals surface area contributed by atoms with Gasteiger partial charge in [-0.05, 0) is 87.4 Å². The van der Waals surface area contributed by atoms with Crippen LogP contribution in [0.25, 0.3) is 6.08 Å². The smallest absolute Gasteiger partial charge is 0.408 e. The second-order valence-corrected chi connectivity index (χ2v) is 11.3. The summed E-state index contributed by atoms with van der Waals surface area (Å²) in [7, 11) is 1.58. The molecule has 2 aromatic carbocycles. The largest absolute Gasteiger partial charge is 0.497 e. The van der Waals surface area contributed by atoms with Crippen LogP contribution in [0, 0.1) is 5.92 Å². The van der Waals surface area contributed by atoms with Crippen LogP contribution in [0.2, 0.25) is 0 Å². The summed E-state index contributed by atoms with van der Waals surface area (Å²) in [5.74, 6) is -0.160. The number of anilines is 1. The highest BCUT2D eigenvalue weighted by Crippen LogP contribution is 2.35. The van der Waals surface area contributed by atoms with Gasteiger partial charge in [0.25, 0.3) is 5.91 Å². The van der Waals surface area contributed by atoms with Crippen molar-refractivity contribution in [2.24, 2.45) is 5.92 Å². The van der Waals surface area contributed by atoms with Gasteiger partial charge in [-0.3, -0.25) is 9.59 Å². The number of methoxy groups -OCH3 is 1. The van der Waals surface area contributed by atoms with E-state index in [9.17, 15) is 14.4 Å². The predicted octanol–water partition coefficient (Wildman–Crippen LogP) is 6.34. The van der Waals surface area contributed by atoms with E-state index < -0.39 is 23.8 Å². The fourth-order valence-electron chi connectivity index (χ4n) is 4.64. The molecule has 0 aliphatic heterocycles. The lowest BCUT2D eigenvalue weighted by atomic mass is 9.86. The Labute approximate surface area is 238 Å². The molecule has 0 bridgehead atoms. The van der Waals surface area contributed by atoms with Gasteiger partial charge in [0.05, 0.1) is 7.11 Å². The van der Waals surface area contributed by atoms with Crippen molar-refractivity contribution in [2.75, 3.05) is 12.4 Å². The highest BCUT2D eigenvalue weighted by molar-refractivity contribution is 5.99. The van der Waals surface area contributed by atoms with Gasteiger partial charge >= 0.3 is 6.09 Å². The van der Waals surface area contributed by atoms with Gasteiger partial charge in [0.2, 0.25) is 5.91 Å². The van der Waals surface area contributed by atoms with Crippen molar-refractivity contribution < 1.29 is 23.9 Å². The zero-order valence-corrected chi connectivity index (χ0v) is 24.5. The zero-order chi connectivity index (χ0) is 29.4. The maximum atomic E-state index is 14.4. The Balaban J connectivity index is 2.05. The summed E-state index contributed by atoms with van der Waals surface area (Å²) in [4.78, 5) is 43.0. The first kappa shape index (κ1) is 30.7. The molecule has 3 amide bonds. The average molecular weight is 550 g/mol. The first-order valence-electron chi connectivity index (χ1n) is 14.0. The maximum absolute atomic E-state index is 14.4. The highest BCUT2D eigenvalue weighted by atomic mass is 16.6. The standard InChI is InChI=1S/C32H43N3O5/c1-8-21(3)27(34-31(38)40-32(4,5)6)30(37)35(25-14-11-15-25)28(23-13-10-12-22(9-2)20-23)29(36)33-24-16-18-26(39-7)19-17-24/h9-10,12-13,16-21,25,27-28H,2,8,11,14-15H2,1,3-7H3,(H,33,36)(H,34,38). The minimum atomic E-state index is -0.924. The Morgan fingerprint density at radius 2 is 1.80 bits per heavy atom. The Kier molecular flexibility index (Phi) is 10.4. The molecule has 216 valence electrons. The number of carbonyl (C=O) groups is 3. The third-order valence-electron chi connectivity index (χ3n) is 7.22. The van der Waals surface area contributed by atoms with Crippen LogP contribution in [0.1, 0.15) is 77.5 Å². The SMILES string of the molecule is C=Cc1cccc(C(C(=O)Nc2ccc(OC)cc2)N(C(=O)C(NC(=O)OC(C)(C)C)C(C)CC)C2CCC2)c1. The van der Waals surface area contributed by atoms with Crippen molar-refractivity contribution >= 4 is 29.7 Å². The number of ether oxygens (including phenoxy) is 2. The Morgan fingerprint density at radius 1 is 1.12 bits per heavy atom. The van der Waals surface area contributed by atoms with Gasteiger partial charge < -0.3 is 25.0 Å². The molecule has 3 atom stereocenters. The molecule has 2 N–H and O–H groups in total. The first-order valence-corrected chi connectivity index (χ1v) is 14.0. The zero-order valence-electron chi connectivity index (χ0n) is 24.5. The summed E-state index contributed by atoms with van der Waals surface area (Å²) in [5.41, 5.74) is 1.38. The molecule has 0 aromatic heterocycles. The molecule has 2 aromatic rings. The first-order chi connectivity index (χ1) is 19.0. The third-order valence-corrected chi connectivity index (χ3v) is 7.22. The van der Waals surface area contributed by atoms with Crippen molar-refractivity contribution in [1.82, 2.24) is 10.2 Å². The van der Waals surface area contributed by atoms with Crippen molar-refractivity contribution in [3.05, 3.63) is 66.2 Å². The Hall–Kier alpha value is -3.81. The maximum Gasteiger partial charge on any atom is 0.408 e. The van der Waals surface area contributed by atoms with Gasteiger partial charge in [0, 0.05) is 11.7 Å². The molecule has 8 nitrogen and oxygen atoms in total. The lowest BCUT2D eigenvalue weighted by molar-refractivity contribution is -0.147. The fraction of sp³-hybridized carbons (Fsp3) is 0.469. The topological polar surface area (TPSA) is 97.0 Å². The van der Waals surface area contributed by atoms with Crippen molar-refractivity contribution in [2.45, 2.75) is 84.0 Å². The normalized spacial score (nSPS) is 15.6.